The minimum atomic E-state index is -0.769. The monoisotopic (exact) mass is 567 g/mol. The van der Waals surface area contributed by atoms with Gasteiger partial charge < -0.3 is 15.4 Å². The Balaban J connectivity index is 1.30. The summed E-state index contributed by atoms with van der Waals surface area (Å²) < 4.78 is 34.8. The summed E-state index contributed by atoms with van der Waals surface area (Å²) in [5, 5.41) is 9.69. The summed E-state index contributed by atoms with van der Waals surface area (Å²) in [5.41, 5.74) is -0.427. The van der Waals surface area contributed by atoms with Crippen molar-refractivity contribution in [1.29, 1.82) is 0 Å². The fraction of sp³-hybridized carbons (Fsp3) is 0.500. The molecule has 2 aliphatic carbocycles. The number of rotatable bonds is 6. The van der Waals surface area contributed by atoms with Gasteiger partial charge in [-0.15, -0.1) is 0 Å². The van der Waals surface area contributed by atoms with E-state index in [1.165, 1.54) is 24.3 Å². The predicted molar refractivity (Wildman–Crippen MR) is 146 cm³/mol. The third-order valence-corrected chi connectivity index (χ3v) is 8.26. The number of esters is 1. The topological polar surface area (TPSA) is 115 Å². The molecule has 2 fully saturated rings. The van der Waals surface area contributed by atoms with Gasteiger partial charge in [0, 0.05) is 18.7 Å². The van der Waals surface area contributed by atoms with Crippen LogP contribution in [-0.2, 0) is 16.1 Å². The Labute approximate surface area is 237 Å². The van der Waals surface area contributed by atoms with Crippen molar-refractivity contribution in [1.82, 2.24) is 25.2 Å². The highest BCUT2D eigenvalue weighted by atomic mass is 19.1. The maximum atomic E-state index is 14.5. The number of nitrogens with one attached hydrogen (secondary N) is 2. The van der Waals surface area contributed by atoms with Gasteiger partial charge in [-0.2, -0.15) is 5.10 Å². The normalized spacial score (nSPS) is 24.1. The molecule has 0 bridgehead atoms. The van der Waals surface area contributed by atoms with Crippen LogP contribution >= 0.6 is 0 Å². The van der Waals surface area contributed by atoms with E-state index in [-0.39, 0.29) is 59.3 Å². The van der Waals surface area contributed by atoms with Gasteiger partial charge >= 0.3 is 5.97 Å². The quantitative estimate of drug-likeness (QED) is 0.426. The van der Waals surface area contributed by atoms with Crippen molar-refractivity contribution in [2.45, 2.75) is 71.6 Å². The van der Waals surface area contributed by atoms with Crippen LogP contribution in [0.2, 0.25) is 0 Å². The number of benzene rings is 1. The number of ether oxygens (including phenoxy) is 1. The molecule has 2 heterocycles. The molecular weight excluding hydrogens is 532 g/mol. The Bertz CT molecular complexity index is 1480. The zero-order valence-electron chi connectivity index (χ0n) is 23.6. The Morgan fingerprint density at radius 3 is 2.54 bits per heavy atom. The van der Waals surface area contributed by atoms with E-state index in [2.05, 4.69) is 27.6 Å². The fourth-order valence-electron chi connectivity index (χ4n) is 6.37. The molecule has 2 aromatic heterocycles. The van der Waals surface area contributed by atoms with Gasteiger partial charge in [0.15, 0.2) is 11.5 Å². The molecule has 4 unspecified atom stereocenters. The lowest BCUT2D eigenvalue weighted by molar-refractivity contribution is -0.164. The molecule has 2 N–H and O–H groups in total. The van der Waals surface area contributed by atoms with Gasteiger partial charge in [0.25, 0.3) is 11.8 Å². The molecule has 3 aromatic rings. The van der Waals surface area contributed by atoms with Gasteiger partial charge in [0.1, 0.15) is 22.8 Å². The van der Waals surface area contributed by atoms with E-state index in [0.717, 1.165) is 30.0 Å². The molecule has 41 heavy (non-hydrogen) atoms. The summed E-state index contributed by atoms with van der Waals surface area (Å²) in [6.07, 6.45) is 4.02. The van der Waals surface area contributed by atoms with Gasteiger partial charge in [0.05, 0.1) is 12.1 Å². The molecule has 5 atom stereocenters. The highest BCUT2D eigenvalue weighted by Crippen LogP contribution is 2.48. The molecule has 218 valence electrons. The van der Waals surface area contributed by atoms with Crippen LogP contribution < -0.4 is 10.6 Å². The highest BCUT2D eigenvalue weighted by molar-refractivity contribution is 5.98. The average Bonchev–Trinajstić information content (AvgIpc) is 3.49. The van der Waals surface area contributed by atoms with Crippen LogP contribution in [0.15, 0.2) is 36.5 Å². The van der Waals surface area contributed by atoms with Crippen molar-refractivity contribution in [2.75, 3.05) is 0 Å². The lowest BCUT2D eigenvalue weighted by Crippen LogP contribution is -2.44. The van der Waals surface area contributed by atoms with Crippen molar-refractivity contribution in [3.63, 3.8) is 0 Å². The number of aromatic nitrogens is 3. The predicted octanol–water partition coefficient (Wildman–Crippen LogP) is 4.45. The summed E-state index contributed by atoms with van der Waals surface area (Å²) in [5.74, 6) is -2.11. The first-order chi connectivity index (χ1) is 19.4. The maximum absolute atomic E-state index is 14.5. The lowest BCUT2D eigenvalue weighted by Gasteiger charge is -2.39. The number of hydrogen-bond donors (Lipinski definition) is 2. The second-order valence-electron chi connectivity index (χ2n) is 12.1. The number of hydrogen-bond acceptors (Lipinski definition) is 6. The van der Waals surface area contributed by atoms with Crippen LogP contribution in [0.3, 0.4) is 0 Å². The van der Waals surface area contributed by atoms with E-state index in [0.29, 0.717) is 12.0 Å². The van der Waals surface area contributed by atoms with E-state index in [9.17, 15) is 23.2 Å². The average molecular weight is 568 g/mol. The molecule has 2 saturated carbocycles. The van der Waals surface area contributed by atoms with E-state index in [4.69, 9.17) is 4.74 Å². The largest absolute Gasteiger partial charge is 0.460 e. The SMILES string of the molecule is CC1C(C(=O)OC(C)(C)C)CCC2C1CC[C@@H]2NC(=O)c1cc(C(=O)NCc2cccc(F)c2)nc2c(F)cnn12. The Hall–Kier alpha value is -3.89. The summed E-state index contributed by atoms with van der Waals surface area (Å²) in [4.78, 5) is 43.3. The molecule has 0 aliphatic heterocycles. The lowest BCUT2D eigenvalue weighted by atomic mass is 9.68. The van der Waals surface area contributed by atoms with Gasteiger partial charge in [-0.05, 0) is 81.9 Å². The zero-order valence-corrected chi connectivity index (χ0v) is 23.6. The molecule has 2 aliphatic rings. The number of amides is 2. The van der Waals surface area contributed by atoms with Crippen LogP contribution in [0.4, 0.5) is 8.78 Å². The van der Waals surface area contributed by atoms with Crippen LogP contribution in [0, 0.1) is 35.3 Å². The van der Waals surface area contributed by atoms with Crippen molar-refractivity contribution in [2.24, 2.45) is 23.7 Å². The molecule has 0 spiro atoms. The molecule has 9 nitrogen and oxygen atoms in total. The van der Waals surface area contributed by atoms with Crippen LogP contribution in [0.1, 0.15) is 79.9 Å². The first kappa shape index (κ1) is 28.6. The molecule has 1 aromatic carbocycles. The van der Waals surface area contributed by atoms with Crippen molar-refractivity contribution in [3.05, 3.63) is 65.1 Å². The summed E-state index contributed by atoms with van der Waals surface area (Å²) in [6.45, 7) is 7.71. The van der Waals surface area contributed by atoms with Gasteiger partial charge in [-0.25, -0.2) is 18.3 Å². The van der Waals surface area contributed by atoms with Crippen LogP contribution in [0.5, 0.6) is 0 Å². The molecule has 2 amide bonds. The number of nitrogens with zero attached hydrogens (tertiary/aromatic N) is 3. The first-order valence-electron chi connectivity index (χ1n) is 14.0. The van der Waals surface area contributed by atoms with E-state index in [1.807, 2.05) is 20.8 Å². The van der Waals surface area contributed by atoms with Crippen LogP contribution in [0.25, 0.3) is 5.65 Å². The molecule has 11 heteroatoms. The van der Waals surface area contributed by atoms with Gasteiger partial charge in [-0.3, -0.25) is 14.4 Å². The zero-order chi connectivity index (χ0) is 29.5. The van der Waals surface area contributed by atoms with Gasteiger partial charge in [0.2, 0.25) is 0 Å². The summed E-state index contributed by atoms with van der Waals surface area (Å²) in [7, 11) is 0. The third-order valence-electron chi connectivity index (χ3n) is 8.26. The second-order valence-corrected chi connectivity index (χ2v) is 12.1. The highest BCUT2D eigenvalue weighted by Gasteiger charge is 2.47. The molecule has 0 saturated heterocycles. The Morgan fingerprint density at radius 2 is 1.80 bits per heavy atom. The first-order valence-corrected chi connectivity index (χ1v) is 14.0. The summed E-state index contributed by atoms with van der Waals surface area (Å²) in [6, 6.07) is 6.93. The van der Waals surface area contributed by atoms with E-state index >= 15 is 0 Å². The Kier molecular flexibility index (Phi) is 7.80. The molecule has 0 radical (unpaired) electrons. The molecule has 5 rings (SSSR count). The Morgan fingerprint density at radius 1 is 1.05 bits per heavy atom. The van der Waals surface area contributed by atoms with Gasteiger partial charge in [-0.1, -0.05) is 19.1 Å². The molecular formula is C30H35F2N5O4. The standard InChI is InChI=1S/C30H35F2N5O4/c1-16-19-10-11-23(21(19)9-8-20(16)29(40)41-30(2,3)4)36-28(39)25-13-24(35-26-22(32)15-34-37(25)26)27(38)33-14-17-6-5-7-18(31)12-17/h5-7,12-13,15-16,19-21,23H,8-11,14H2,1-4H3,(H,33,38)(H,36,39)/t16?,19?,20?,21?,23-/m0/s1. The number of halogens is 2. The summed E-state index contributed by atoms with van der Waals surface area (Å²) >= 11 is 0. The van der Waals surface area contributed by atoms with E-state index < -0.39 is 29.0 Å². The number of fused-ring (bicyclic) bond motifs is 2. The minimum absolute atomic E-state index is 0.0197. The number of carbonyl (C=O) groups excluding carboxylic acids is 3. The van der Waals surface area contributed by atoms with Crippen molar-refractivity contribution >= 4 is 23.4 Å². The van der Waals surface area contributed by atoms with E-state index in [1.54, 1.807) is 6.07 Å². The fourth-order valence-corrected chi connectivity index (χ4v) is 6.37. The van der Waals surface area contributed by atoms with Crippen molar-refractivity contribution < 1.29 is 27.9 Å². The minimum Gasteiger partial charge on any atom is -0.460 e. The second kappa shape index (κ2) is 11.2. The number of carbonyl (C=O) groups is 3. The maximum Gasteiger partial charge on any atom is 0.309 e. The van der Waals surface area contributed by atoms with Crippen molar-refractivity contribution in [3.8, 4) is 0 Å². The van der Waals surface area contributed by atoms with Crippen LogP contribution in [-0.4, -0.2) is 44.0 Å². The third kappa shape index (κ3) is 6.08. The smallest absolute Gasteiger partial charge is 0.309 e.